The number of benzene rings is 1. The molecule has 18 heavy (non-hydrogen) atoms. The lowest BCUT2D eigenvalue weighted by atomic mass is 9.67. The molecule has 1 aliphatic rings. The number of rotatable bonds is 4. The zero-order valence-corrected chi connectivity index (χ0v) is 12.6. The van der Waals surface area contributed by atoms with Crippen LogP contribution in [-0.4, -0.2) is 12.5 Å². The van der Waals surface area contributed by atoms with E-state index in [0.717, 1.165) is 28.6 Å². The second-order valence-electron chi connectivity index (χ2n) is 5.37. The normalized spacial score (nSPS) is 17.1. The Morgan fingerprint density at radius 1 is 1.44 bits per heavy atom. The standard InChI is InChI=1S/C15H20BrNO/c1-3-15(7-4-8-15)10-17-14(18)12-6-5-11(2)9-13(12)16/h5-6,9H,3-4,7-8,10H2,1-2H3,(H,17,18). The van der Waals surface area contributed by atoms with Gasteiger partial charge in [0.15, 0.2) is 0 Å². The average molecular weight is 310 g/mol. The van der Waals surface area contributed by atoms with Gasteiger partial charge in [-0.1, -0.05) is 19.4 Å². The maximum atomic E-state index is 12.1. The van der Waals surface area contributed by atoms with Crippen LogP contribution < -0.4 is 5.32 Å². The number of carbonyl (C=O) groups excluding carboxylic acids is 1. The van der Waals surface area contributed by atoms with E-state index < -0.39 is 0 Å². The number of carbonyl (C=O) groups is 1. The Labute approximate surface area is 117 Å². The van der Waals surface area contributed by atoms with E-state index in [1.165, 1.54) is 19.3 Å². The first kappa shape index (κ1) is 13.6. The maximum absolute atomic E-state index is 12.1. The van der Waals surface area contributed by atoms with Gasteiger partial charge in [0.25, 0.3) is 5.91 Å². The second-order valence-corrected chi connectivity index (χ2v) is 6.23. The van der Waals surface area contributed by atoms with Crippen LogP contribution in [0.2, 0.25) is 0 Å². The first-order chi connectivity index (χ1) is 8.56. The summed E-state index contributed by atoms with van der Waals surface area (Å²) < 4.78 is 0.874. The average Bonchev–Trinajstić information content (AvgIpc) is 2.27. The molecule has 1 saturated carbocycles. The Morgan fingerprint density at radius 3 is 2.67 bits per heavy atom. The first-order valence-corrected chi connectivity index (χ1v) is 7.40. The number of halogens is 1. The molecule has 2 rings (SSSR count). The SMILES string of the molecule is CCC1(CNC(=O)c2ccc(C)cc2Br)CCC1. The maximum Gasteiger partial charge on any atom is 0.252 e. The van der Waals surface area contributed by atoms with E-state index in [1.807, 2.05) is 25.1 Å². The molecule has 0 heterocycles. The molecule has 0 aliphatic heterocycles. The zero-order valence-electron chi connectivity index (χ0n) is 11.1. The predicted octanol–water partition coefficient (Wildman–Crippen LogP) is 4.07. The Hall–Kier alpha value is -0.830. The van der Waals surface area contributed by atoms with Crippen molar-refractivity contribution >= 4 is 21.8 Å². The lowest BCUT2D eigenvalue weighted by Gasteiger charge is -2.41. The molecule has 1 amide bonds. The van der Waals surface area contributed by atoms with E-state index in [0.29, 0.717) is 5.41 Å². The number of nitrogens with one attached hydrogen (secondary N) is 1. The van der Waals surface area contributed by atoms with Crippen molar-refractivity contribution in [1.82, 2.24) is 5.32 Å². The number of hydrogen-bond donors (Lipinski definition) is 1. The van der Waals surface area contributed by atoms with Crippen LogP contribution in [0.1, 0.15) is 48.5 Å². The van der Waals surface area contributed by atoms with Gasteiger partial charge in [-0.3, -0.25) is 4.79 Å². The van der Waals surface area contributed by atoms with E-state index in [1.54, 1.807) is 0 Å². The summed E-state index contributed by atoms with van der Waals surface area (Å²) in [4.78, 5) is 12.1. The summed E-state index contributed by atoms with van der Waals surface area (Å²) in [7, 11) is 0. The fraction of sp³-hybridized carbons (Fsp3) is 0.533. The van der Waals surface area contributed by atoms with Crippen LogP contribution >= 0.6 is 15.9 Å². The van der Waals surface area contributed by atoms with Crippen molar-refractivity contribution in [3.05, 3.63) is 33.8 Å². The molecule has 1 fully saturated rings. The van der Waals surface area contributed by atoms with Gasteiger partial charge in [0.2, 0.25) is 0 Å². The van der Waals surface area contributed by atoms with Crippen molar-refractivity contribution in [1.29, 1.82) is 0 Å². The highest BCUT2D eigenvalue weighted by Gasteiger charge is 2.35. The van der Waals surface area contributed by atoms with Crippen molar-refractivity contribution in [2.75, 3.05) is 6.54 Å². The molecular weight excluding hydrogens is 290 g/mol. The third-order valence-corrected chi connectivity index (χ3v) is 4.81. The summed E-state index contributed by atoms with van der Waals surface area (Å²) in [5.74, 6) is 0.0293. The Bertz CT molecular complexity index is 446. The van der Waals surface area contributed by atoms with Crippen molar-refractivity contribution in [3.63, 3.8) is 0 Å². The molecular formula is C15H20BrNO. The minimum atomic E-state index is 0.0293. The third-order valence-electron chi connectivity index (χ3n) is 4.16. The van der Waals surface area contributed by atoms with E-state index in [-0.39, 0.29) is 5.91 Å². The van der Waals surface area contributed by atoms with Crippen molar-refractivity contribution in [2.24, 2.45) is 5.41 Å². The molecule has 0 spiro atoms. The van der Waals surface area contributed by atoms with Crippen LogP contribution in [0.5, 0.6) is 0 Å². The molecule has 1 aromatic carbocycles. The summed E-state index contributed by atoms with van der Waals surface area (Å²) in [6.45, 7) is 5.04. The molecule has 1 aliphatic carbocycles. The van der Waals surface area contributed by atoms with Gasteiger partial charge in [-0.2, -0.15) is 0 Å². The van der Waals surface area contributed by atoms with Crippen LogP contribution in [0, 0.1) is 12.3 Å². The van der Waals surface area contributed by atoms with E-state index in [9.17, 15) is 4.79 Å². The molecule has 0 saturated heterocycles. The van der Waals surface area contributed by atoms with Gasteiger partial charge >= 0.3 is 0 Å². The minimum Gasteiger partial charge on any atom is -0.351 e. The Morgan fingerprint density at radius 2 is 2.17 bits per heavy atom. The smallest absolute Gasteiger partial charge is 0.252 e. The van der Waals surface area contributed by atoms with Crippen LogP contribution in [0.25, 0.3) is 0 Å². The monoisotopic (exact) mass is 309 g/mol. The number of hydrogen-bond acceptors (Lipinski definition) is 1. The van der Waals surface area contributed by atoms with Gasteiger partial charge in [-0.15, -0.1) is 0 Å². The highest BCUT2D eigenvalue weighted by atomic mass is 79.9. The Balaban J connectivity index is 1.99. The van der Waals surface area contributed by atoms with Gasteiger partial charge in [-0.25, -0.2) is 0 Å². The quantitative estimate of drug-likeness (QED) is 0.892. The fourth-order valence-electron chi connectivity index (χ4n) is 2.50. The van der Waals surface area contributed by atoms with Gasteiger partial charge in [-0.05, 0) is 65.2 Å². The van der Waals surface area contributed by atoms with Gasteiger partial charge < -0.3 is 5.32 Å². The summed E-state index contributed by atoms with van der Waals surface area (Å²) in [6.07, 6.45) is 4.96. The van der Waals surface area contributed by atoms with Crippen LogP contribution in [0.15, 0.2) is 22.7 Å². The first-order valence-electron chi connectivity index (χ1n) is 6.61. The molecule has 0 unspecified atom stereocenters. The number of amides is 1. The molecule has 0 aromatic heterocycles. The predicted molar refractivity (Wildman–Crippen MR) is 77.8 cm³/mol. The van der Waals surface area contributed by atoms with Crippen LogP contribution in [0.4, 0.5) is 0 Å². The lowest BCUT2D eigenvalue weighted by molar-refractivity contribution is 0.0849. The van der Waals surface area contributed by atoms with Gasteiger partial charge in [0, 0.05) is 11.0 Å². The van der Waals surface area contributed by atoms with E-state index in [4.69, 9.17) is 0 Å². The van der Waals surface area contributed by atoms with Crippen LogP contribution in [0.3, 0.4) is 0 Å². The van der Waals surface area contributed by atoms with Gasteiger partial charge in [0.1, 0.15) is 0 Å². The Kier molecular flexibility index (Phi) is 4.10. The molecule has 98 valence electrons. The molecule has 0 radical (unpaired) electrons. The van der Waals surface area contributed by atoms with Crippen molar-refractivity contribution in [2.45, 2.75) is 39.5 Å². The largest absolute Gasteiger partial charge is 0.351 e. The van der Waals surface area contributed by atoms with Crippen LogP contribution in [-0.2, 0) is 0 Å². The summed E-state index contributed by atoms with van der Waals surface area (Å²) >= 11 is 3.46. The van der Waals surface area contributed by atoms with Crippen molar-refractivity contribution in [3.8, 4) is 0 Å². The molecule has 1 N–H and O–H groups in total. The van der Waals surface area contributed by atoms with E-state index >= 15 is 0 Å². The van der Waals surface area contributed by atoms with Gasteiger partial charge in [0.05, 0.1) is 5.56 Å². The molecule has 0 bridgehead atoms. The lowest BCUT2D eigenvalue weighted by Crippen LogP contribution is -2.41. The summed E-state index contributed by atoms with van der Waals surface area (Å²) in [6, 6.07) is 5.83. The molecule has 1 aromatic rings. The second kappa shape index (κ2) is 5.43. The topological polar surface area (TPSA) is 29.1 Å². The molecule has 0 atom stereocenters. The highest BCUT2D eigenvalue weighted by molar-refractivity contribution is 9.10. The summed E-state index contributed by atoms with van der Waals surface area (Å²) in [5, 5.41) is 3.08. The van der Waals surface area contributed by atoms with Crippen molar-refractivity contribution < 1.29 is 4.79 Å². The summed E-state index contributed by atoms with van der Waals surface area (Å²) in [5.41, 5.74) is 2.25. The number of aryl methyl sites for hydroxylation is 1. The fourth-order valence-corrected chi connectivity index (χ4v) is 3.17. The van der Waals surface area contributed by atoms with E-state index in [2.05, 4.69) is 28.2 Å². The molecule has 3 heteroatoms. The highest BCUT2D eigenvalue weighted by Crippen LogP contribution is 2.43. The third kappa shape index (κ3) is 2.77. The minimum absolute atomic E-state index is 0.0293. The molecule has 2 nitrogen and oxygen atoms in total. The zero-order chi connectivity index (χ0) is 13.2.